The zero-order chi connectivity index (χ0) is 26.7. The third-order valence-electron chi connectivity index (χ3n) is 6.63. The molecule has 0 aliphatic carbocycles. The zero-order valence-corrected chi connectivity index (χ0v) is 23.8. The SMILES string of the molecule is CC(C)COC(=O)N1CCC(CSc2ncc(C(C)(C)c3ccc(Cl)c(Cl)c3)n2-c2ccc(F)cc2)C1. The number of nitrogens with zero attached hydrogens (tertiary/aromatic N) is 3. The molecule has 2 aromatic carbocycles. The first-order valence-electron chi connectivity index (χ1n) is 12.4. The van der Waals surface area contributed by atoms with E-state index in [0.717, 1.165) is 34.3 Å². The first-order chi connectivity index (χ1) is 17.6. The van der Waals surface area contributed by atoms with Crippen LogP contribution in [-0.4, -0.2) is 46.0 Å². The maximum Gasteiger partial charge on any atom is 0.409 e. The van der Waals surface area contributed by atoms with Crippen molar-refractivity contribution in [3.8, 4) is 5.69 Å². The second-order valence-corrected chi connectivity index (χ2v) is 12.2. The van der Waals surface area contributed by atoms with Crippen LogP contribution >= 0.6 is 35.0 Å². The number of hydrogen-bond acceptors (Lipinski definition) is 4. The number of carbonyl (C=O) groups excluding carboxylic acids is 1. The van der Waals surface area contributed by atoms with Crippen LogP contribution in [0.25, 0.3) is 5.69 Å². The van der Waals surface area contributed by atoms with Gasteiger partial charge in [-0.05, 0) is 60.2 Å². The number of imidazole rings is 1. The second kappa shape index (κ2) is 11.7. The highest BCUT2D eigenvalue weighted by atomic mass is 35.5. The predicted octanol–water partition coefficient (Wildman–Crippen LogP) is 7.85. The molecule has 1 amide bonds. The summed E-state index contributed by atoms with van der Waals surface area (Å²) in [6, 6.07) is 12.1. The van der Waals surface area contributed by atoms with Gasteiger partial charge in [0.1, 0.15) is 5.82 Å². The van der Waals surface area contributed by atoms with E-state index < -0.39 is 5.41 Å². The van der Waals surface area contributed by atoms with Gasteiger partial charge in [0, 0.05) is 29.9 Å². The third kappa shape index (κ3) is 6.44. The second-order valence-electron chi connectivity index (χ2n) is 10.4. The Hall–Kier alpha value is -2.22. The van der Waals surface area contributed by atoms with E-state index in [4.69, 9.17) is 32.9 Å². The smallest absolute Gasteiger partial charge is 0.409 e. The van der Waals surface area contributed by atoms with Gasteiger partial charge in [-0.3, -0.25) is 4.57 Å². The van der Waals surface area contributed by atoms with Crippen molar-refractivity contribution < 1.29 is 13.9 Å². The first kappa shape index (κ1) is 27.8. The summed E-state index contributed by atoms with van der Waals surface area (Å²) in [4.78, 5) is 18.9. The van der Waals surface area contributed by atoms with Crippen LogP contribution in [0.5, 0.6) is 0 Å². The molecule has 4 rings (SSSR count). The number of thioether (sulfide) groups is 1. The summed E-state index contributed by atoms with van der Waals surface area (Å²) in [5.41, 5.74) is 2.31. The Morgan fingerprint density at radius 2 is 1.92 bits per heavy atom. The van der Waals surface area contributed by atoms with Crippen molar-refractivity contribution in [3.05, 3.63) is 75.8 Å². The van der Waals surface area contributed by atoms with Gasteiger partial charge >= 0.3 is 6.09 Å². The molecule has 1 aliphatic heterocycles. The fraction of sp³-hybridized carbons (Fsp3) is 0.429. The van der Waals surface area contributed by atoms with Gasteiger partial charge in [-0.15, -0.1) is 0 Å². The summed E-state index contributed by atoms with van der Waals surface area (Å²) in [6.45, 7) is 10.1. The van der Waals surface area contributed by atoms with Gasteiger partial charge in [0.25, 0.3) is 0 Å². The van der Waals surface area contributed by atoms with Gasteiger partial charge < -0.3 is 9.64 Å². The molecule has 0 spiro atoms. The fourth-order valence-corrected chi connectivity index (χ4v) is 5.82. The molecule has 1 atom stereocenters. The average Bonchev–Trinajstić information content (AvgIpc) is 3.51. The number of amides is 1. The largest absolute Gasteiger partial charge is 0.449 e. The van der Waals surface area contributed by atoms with Gasteiger partial charge in [-0.2, -0.15) is 0 Å². The summed E-state index contributed by atoms with van der Waals surface area (Å²) in [5, 5.41) is 1.81. The maximum absolute atomic E-state index is 13.8. The molecule has 0 radical (unpaired) electrons. The van der Waals surface area contributed by atoms with Crippen LogP contribution in [0, 0.1) is 17.7 Å². The Morgan fingerprint density at radius 1 is 1.19 bits per heavy atom. The number of ether oxygens (including phenoxy) is 1. The molecular weight excluding hydrogens is 532 g/mol. The topological polar surface area (TPSA) is 47.4 Å². The minimum absolute atomic E-state index is 0.236. The quantitative estimate of drug-likeness (QED) is 0.262. The first-order valence-corrected chi connectivity index (χ1v) is 14.1. The van der Waals surface area contributed by atoms with Crippen LogP contribution in [0.1, 0.15) is 45.4 Å². The molecular formula is C28H32Cl2FN3O2S. The zero-order valence-electron chi connectivity index (χ0n) is 21.5. The third-order valence-corrected chi connectivity index (χ3v) is 8.55. The van der Waals surface area contributed by atoms with E-state index >= 15 is 0 Å². The number of aromatic nitrogens is 2. The molecule has 5 nitrogen and oxygen atoms in total. The standard InChI is InChI=1S/C28H32Cl2FN3O2S/c1-18(2)16-36-27(35)33-12-11-19(15-33)17-37-26-32-14-25(34(26)22-8-6-21(31)7-9-22)28(3,4)20-5-10-23(29)24(30)13-20/h5-10,13-14,18-19H,11-12,15-17H2,1-4H3. The molecule has 1 fully saturated rings. The summed E-state index contributed by atoms with van der Waals surface area (Å²) in [6.07, 6.45) is 2.56. The highest BCUT2D eigenvalue weighted by molar-refractivity contribution is 7.99. The van der Waals surface area contributed by atoms with Crippen LogP contribution in [0.4, 0.5) is 9.18 Å². The summed E-state index contributed by atoms with van der Waals surface area (Å²) in [5.74, 6) is 1.16. The summed E-state index contributed by atoms with van der Waals surface area (Å²) >= 11 is 14.2. The molecule has 0 N–H and O–H groups in total. The molecule has 37 heavy (non-hydrogen) atoms. The van der Waals surface area contributed by atoms with Crippen LogP contribution in [-0.2, 0) is 10.2 Å². The highest BCUT2D eigenvalue weighted by Crippen LogP contribution is 2.38. The molecule has 1 aliphatic rings. The lowest BCUT2D eigenvalue weighted by Gasteiger charge is -2.28. The molecule has 1 aromatic heterocycles. The van der Waals surface area contributed by atoms with E-state index in [9.17, 15) is 9.18 Å². The van der Waals surface area contributed by atoms with E-state index in [1.54, 1.807) is 34.9 Å². The molecule has 2 heterocycles. The van der Waals surface area contributed by atoms with Gasteiger partial charge in [-0.25, -0.2) is 14.2 Å². The van der Waals surface area contributed by atoms with Crippen LogP contribution in [0.15, 0.2) is 53.8 Å². The van der Waals surface area contributed by atoms with Gasteiger partial charge in [0.15, 0.2) is 5.16 Å². The average molecular weight is 565 g/mol. The highest BCUT2D eigenvalue weighted by Gasteiger charge is 2.31. The van der Waals surface area contributed by atoms with Crippen molar-refractivity contribution in [2.24, 2.45) is 11.8 Å². The van der Waals surface area contributed by atoms with Gasteiger partial charge in [-0.1, -0.05) is 68.7 Å². The summed E-state index contributed by atoms with van der Waals surface area (Å²) in [7, 11) is 0. The fourth-order valence-electron chi connectivity index (χ4n) is 4.41. The van der Waals surface area contributed by atoms with Crippen molar-refractivity contribution in [2.45, 2.75) is 44.7 Å². The minimum atomic E-state index is -0.460. The Morgan fingerprint density at radius 3 is 2.59 bits per heavy atom. The van der Waals surface area contributed by atoms with Gasteiger partial charge in [0.05, 0.1) is 28.5 Å². The molecule has 9 heteroatoms. The lowest BCUT2D eigenvalue weighted by atomic mass is 9.81. The molecule has 3 aromatic rings. The normalized spacial score (nSPS) is 16.0. The lowest BCUT2D eigenvalue weighted by Crippen LogP contribution is -2.30. The van der Waals surface area contributed by atoms with Crippen molar-refractivity contribution >= 4 is 41.1 Å². The van der Waals surface area contributed by atoms with E-state index in [0.29, 0.717) is 41.6 Å². The van der Waals surface area contributed by atoms with E-state index in [1.165, 1.54) is 12.1 Å². The van der Waals surface area contributed by atoms with Crippen molar-refractivity contribution in [1.29, 1.82) is 0 Å². The minimum Gasteiger partial charge on any atom is -0.449 e. The number of hydrogen-bond donors (Lipinski definition) is 0. The van der Waals surface area contributed by atoms with Crippen molar-refractivity contribution in [3.63, 3.8) is 0 Å². The number of rotatable bonds is 8. The lowest BCUT2D eigenvalue weighted by molar-refractivity contribution is 0.0986. The van der Waals surface area contributed by atoms with Crippen LogP contribution in [0.3, 0.4) is 0 Å². The Balaban J connectivity index is 1.57. The molecule has 198 valence electrons. The number of carbonyl (C=O) groups is 1. The number of benzene rings is 2. The van der Waals surface area contributed by atoms with Gasteiger partial charge in [0.2, 0.25) is 0 Å². The Labute approximate surface area is 232 Å². The van der Waals surface area contributed by atoms with Crippen LogP contribution in [0.2, 0.25) is 10.0 Å². The Bertz CT molecular complexity index is 1250. The van der Waals surface area contributed by atoms with E-state index in [-0.39, 0.29) is 11.9 Å². The molecule has 1 unspecified atom stereocenters. The summed E-state index contributed by atoms with van der Waals surface area (Å²) < 4.78 is 21.2. The molecule has 0 saturated carbocycles. The van der Waals surface area contributed by atoms with E-state index in [1.807, 2.05) is 32.2 Å². The molecule has 1 saturated heterocycles. The predicted molar refractivity (Wildman–Crippen MR) is 149 cm³/mol. The monoisotopic (exact) mass is 563 g/mol. The van der Waals surface area contributed by atoms with Crippen molar-refractivity contribution in [1.82, 2.24) is 14.5 Å². The molecule has 0 bridgehead atoms. The van der Waals surface area contributed by atoms with E-state index in [2.05, 4.69) is 18.4 Å². The van der Waals surface area contributed by atoms with Crippen molar-refractivity contribution in [2.75, 3.05) is 25.4 Å². The Kier molecular flexibility index (Phi) is 8.77. The van der Waals surface area contributed by atoms with Crippen LogP contribution < -0.4 is 0 Å². The number of halogens is 3. The maximum atomic E-state index is 13.8. The number of likely N-dealkylation sites (tertiary alicyclic amines) is 1.